The lowest BCUT2D eigenvalue weighted by atomic mass is 10.1. The molecule has 0 saturated heterocycles. The van der Waals surface area contributed by atoms with Crippen LogP contribution in [0.5, 0.6) is 11.5 Å². The number of phenolic OH excluding ortho intramolecular Hbond substituents is 2. The van der Waals surface area contributed by atoms with E-state index in [9.17, 15) is 10.2 Å². The van der Waals surface area contributed by atoms with Crippen molar-refractivity contribution in [3.8, 4) is 11.5 Å². The van der Waals surface area contributed by atoms with Crippen LogP contribution in [0.25, 0.3) is 0 Å². The van der Waals surface area contributed by atoms with E-state index in [1.807, 2.05) is 0 Å². The lowest BCUT2D eigenvalue weighted by molar-refractivity contribution is 0.297. The van der Waals surface area contributed by atoms with Gasteiger partial charge < -0.3 is 15.3 Å². The van der Waals surface area contributed by atoms with Crippen LogP contribution in [0.4, 0.5) is 0 Å². The van der Waals surface area contributed by atoms with Gasteiger partial charge in [-0.25, -0.2) is 0 Å². The van der Waals surface area contributed by atoms with Crippen molar-refractivity contribution < 1.29 is 15.3 Å². The lowest BCUT2D eigenvalue weighted by Crippen LogP contribution is -1.92. The molecule has 0 heterocycles. The van der Waals surface area contributed by atoms with E-state index < -0.39 is 0 Å². The van der Waals surface area contributed by atoms with Gasteiger partial charge in [-0.2, -0.15) is 0 Å². The first-order chi connectivity index (χ1) is 5.66. The zero-order valence-electron chi connectivity index (χ0n) is 6.91. The Hall–Kier alpha value is -1.22. The standard InChI is InChI=1S/C9H12O3/c1-6-8(11)3-2-7(4-5-10)9(6)12/h2-3,10-12H,4-5H2,1H3. The van der Waals surface area contributed by atoms with Crippen molar-refractivity contribution in [3.63, 3.8) is 0 Å². The molecule has 1 aromatic carbocycles. The van der Waals surface area contributed by atoms with Gasteiger partial charge in [0.15, 0.2) is 0 Å². The molecule has 3 heteroatoms. The molecule has 0 saturated carbocycles. The smallest absolute Gasteiger partial charge is 0.125 e. The maximum atomic E-state index is 9.44. The fourth-order valence-corrected chi connectivity index (χ4v) is 1.07. The van der Waals surface area contributed by atoms with Crippen LogP contribution in [0.1, 0.15) is 11.1 Å². The summed E-state index contributed by atoms with van der Waals surface area (Å²) in [6, 6.07) is 3.12. The van der Waals surface area contributed by atoms with E-state index in [-0.39, 0.29) is 18.1 Å². The van der Waals surface area contributed by atoms with Gasteiger partial charge in [0.2, 0.25) is 0 Å². The third-order valence-electron chi connectivity index (χ3n) is 1.87. The van der Waals surface area contributed by atoms with E-state index in [1.165, 1.54) is 6.07 Å². The minimum Gasteiger partial charge on any atom is -0.508 e. The highest BCUT2D eigenvalue weighted by molar-refractivity contribution is 5.47. The van der Waals surface area contributed by atoms with Crippen molar-refractivity contribution >= 4 is 0 Å². The molecule has 1 aromatic rings. The van der Waals surface area contributed by atoms with Gasteiger partial charge in [-0.3, -0.25) is 0 Å². The topological polar surface area (TPSA) is 60.7 Å². The minimum absolute atomic E-state index is 0.00221. The number of benzene rings is 1. The van der Waals surface area contributed by atoms with Crippen LogP contribution in [0.15, 0.2) is 12.1 Å². The van der Waals surface area contributed by atoms with Crippen LogP contribution in [-0.2, 0) is 6.42 Å². The van der Waals surface area contributed by atoms with E-state index >= 15 is 0 Å². The van der Waals surface area contributed by atoms with Crippen LogP contribution < -0.4 is 0 Å². The van der Waals surface area contributed by atoms with Crippen LogP contribution in [0.3, 0.4) is 0 Å². The first kappa shape index (κ1) is 8.87. The maximum Gasteiger partial charge on any atom is 0.125 e. The molecule has 0 aromatic heterocycles. The summed E-state index contributed by atoms with van der Waals surface area (Å²) in [5.74, 6) is 0.151. The molecule has 0 radical (unpaired) electrons. The van der Waals surface area contributed by atoms with Gasteiger partial charge in [0.25, 0.3) is 0 Å². The fraction of sp³-hybridized carbons (Fsp3) is 0.333. The monoisotopic (exact) mass is 168 g/mol. The second-order valence-corrected chi connectivity index (χ2v) is 2.69. The average Bonchev–Trinajstić information content (AvgIpc) is 2.07. The molecule has 66 valence electrons. The van der Waals surface area contributed by atoms with Gasteiger partial charge in [-0.1, -0.05) is 6.07 Å². The molecule has 0 bridgehead atoms. The summed E-state index contributed by atoms with van der Waals surface area (Å²) in [6.45, 7) is 1.63. The molecule has 0 aliphatic carbocycles. The van der Waals surface area contributed by atoms with Crippen molar-refractivity contribution in [1.82, 2.24) is 0 Å². The average molecular weight is 168 g/mol. The Bertz CT molecular complexity index is 281. The number of aromatic hydroxyl groups is 2. The Morgan fingerprint density at radius 1 is 1.25 bits per heavy atom. The van der Waals surface area contributed by atoms with Crippen LogP contribution in [0.2, 0.25) is 0 Å². The van der Waals surface area contributed by atoms with Crippen LogP contribution in [0, 0.1) is 6.92 Å². The SMILES string of the molecule is Cc1c(O)ccc(CCO)c1O. The molecule has 1 rings (SSSR count). The number of aliphatic hydroxyl groups is 1. The Morgan fingerprint density at radius 3 is 2.50 bits per heavy atom. The quantitative estimate of drug-likeness (QED) is 0.616. The number of rotatable bonds is 2. The summed E-state index contributed by atoms with van der Waals surface area (Å²) in [4.78, 5) is 0. The Labute approximate surface area is 70.9 Å². The highest BCUT2D eigenvalue weighted by Gasteiger charge is 2.06. The number of aliphatic hydroxyl groups excluding tert-OH is 1. The molecule has 0 atom stereocenters. The van der Waals surface area contributed by atoms with Gasteiger partial charge >= 0.3 is 0 Å². The molecule has 0 amide bonds. The number of phenols is 2. The largest absolute Gasteiger partial charge is 0.508 e. The molecule has 0 aliphatic rings. The van der Waals surface area contributed by atoms with Gasteiger partial charge in [0.05, 0.1) is 0 Å². The molecule has 0 unspecified atom stereocenters. The predicted octanol–water partition coefficient (Wildman–Crippen LogP) is 0.941. The minimum atomic E-state index is -0.00221. The lowest BCUT2D eigenvalue weighted by Gasteiger charge is -2.06. The summed E-state index contributed by atoms with van der Waals surface area (Å²) in [5.41, 5.74) is 1.12. The number of hydrogen-bond donors (Lipinski definition) is 3. The molecule has 12 heavy (non-hydrogen) atoms. The van der Waals surface area contributed by atoms with Crippen LogP contribution >= 0.6 is 0 Å². The van der Waals surface area contributed by atoms with Gasteiger partial charge in [0, 0.05) is 12.2 Å². The van der Waals surface area contributed by atoms with Crippen molar-refractivity contribution in [2.45, 2.75) is 13.3 Å². The molecule has 3 N–H and O–H groups in total. The van der Waals surface area contributed by atoms with Gasteiger partial charge in [-0.15, -0.1) is 0 Å². The predicted molar refractivity (Wildman–Crippen MR) is 45.3 cm³/mol. The first-order valence-electron chi connectivity index (χ1n) is 3.78. The normalized spacial score (nSPS) is 10.2. The molecule has 0 aliphatic heterocycles. The zero-order chi connectivity index (χ0) is 9.14. The van der Waals surface area contributed by atoms with Crippen molar-refractivity contribution in [1.29, 1.82) is 0 Å². The molecule has 3 nitrogen and oxygen atoms in total. The molecule has 0 spiro atoms. The summed E-state index contributed by atoms with van der Waals surface area (Å²) < 4.78 is 0. The highest BCUT2D eigenvalue weighted by atomic mass is 16.3. The summed E-state index contributed by atoms with van der Waals surface area (Å²) in [6.07, 6.45) is 0.410. The molecule has 0 fully saturated rings. The Balaban J connectivity index is 3.08. The van der Waals surface area contributed by atoms with Gasteiger partial charge in [-0.05, 0) is 25.0 Å². The fourth-order valence-electron chi connectivity index (χ4n) is 1.07. The summed E-state index contributed by atoms with van der Waals surface area (Å²) in [7, 11) is 0. The first-order valence-corrected chi connectivity index (χ1v) is 3.78. The van der Waals surface area contributed by atoms with E-state index in [0.717, 1.165) is 0 Å². The Morgan fingerprint density at radius 2 is 1.92 bits per heavy atom. The number of hydrogen-bond acceptors (Lipinski definition) is 3. The highest BCUT2D eigenvalue weighted by Crippen LogP contribution is 2.29. The molecular formula is C9H12O3. The van der Waals surface area contributed by atoms with E-state index in [1.54, 1.807) is 13.0 Å². The molecular weight excluding hydrogens is 156 g/mol. The second kappa shape index (κ2) is 3.45. The third-order valence-corrected chi connectivity index (χ3v) is 1.87. The van der Waals surface area contributed by atoms with Crippen LogP contribution in [-0.4, -0.2) is 21.9 Å². The maximum absolute atomic E-state index is 9.44. The zero-order valence-corrected chi connectivity index (χ0v) is 6.91. The second-order valence-electron chi connectivity index (χ2n) is 2.69. The summed E-state index contributed by atoms with van der Waals surface area (Å²) in [5, 5.41) is 27.2. The van der Waals surface area contributed by atoms with Crippen molar-refractivity contribution in [3.05, 3.63) is 23.3 Å². The summed E-state index contributed by atoms with van der Waals surface area (Å²) >= 11 is 0. The Kier molecular flexibility index (Phi) is 2.55. The van der Waals surface area contributed by atoms with Crippen molar-refractivity contribution in [2.75, 3.05) is 6.61 Å². The van der Waals surface area contributed by atoms with E-state index in [0.29, 0.717) is 17.5 Å². The van der Waals surface area contributed by atoms with E-state index in [4.69, 9.17) is 5.11 Å². The third kappa shape index (κ3) is 1.51. The van der Waals surface area contributed by atoms with E-state index in [2.05, 4.69) is 0 Å². The van der Waals surface area contributed by atoms with Crippen molar-refractivity contribution in [2.24, 2.45) is 0 Å². The van der Waals surface area contributed by atoms with Gasteiger partial charge in [0.1, 0.15) is 11.5 Å².